The summed E-state index contributed by atoms with van der Waals surface area (Å²) < 4.78 is 0. The standard InChI is InChI=1S/C19H21Cl2N3O2/c1-4-24(5-2)19(26)13-7-6-8-14(10-13)23-17(25)11-15-16(20)9-12(3)22-18(15)21/h6-10H,4-5,11H2,1-3H3,(H,23,25). The molecule has 0 saturated heterocycles. The van der Waals surface area contributed by atoms with Crippen LogP contribution in [0.5, 0.6) is 0 Å². The summed E-state index contributed by atoms with van der Waals surface area (Å²) in [5.41, 5.74) is 2.23. The van der Waals surface area contributed by atoms with Crippen molar-refractivity contribution in [1.29, 1.82) is 0 Å². The van der Waals surface area contributed by atoms with Gasteiger partial charge in [0.2, 0.25) is 5.91 Å². The number of carbonyl (C=O) groups is 2. The quantitative estimate of drug-likeness (QED) is 0.741. The van der Waals surface area contributed by atoms with Crippen molar-refractivity contribution in [1.82, 2.24) is 9.88 Å². The summed E-state index contributed by atoms with van der Waals surface area (Å²) in [5.74, 6) is -0.355. The van der Waals surface area contributed by atoms with E-state index < -0.39 is 0 Å². The summed E-state index contributed by atoms with van der Waals surface area (Å²) in [6, 6.07) is 8.52. The maximum Gasteiger partial charge on any atom is 0.253 e. The number of amides is 2. The van der Waals surface area contributed by atoms with E-state index in [0.29, 0.717) is 40.6 Å². The summed E-state index contributed by atoms with van der Waals surface area (Å²) in [7, 11) is 0. The molecule has 0 unspecified atom stereocenters. The van der Waals surface area contributed by atoms with Crippen LogP contribution in [0.15, 0.2) is 30.3 Å². The van der Waals surface area contributed by atoms with E-state index in [0.717, 1.165) is 0 Å². The van der Waals surface area contributed by atoms with Gasteiger partial charge in [-0.3, -0.25) is 9.59 Å². The Kier molecular flexibility index (Phi) is 7.00. The van der Waals surface area contributed by atoms with Crippen LogP contribution >= 0.6 is 23.2 Å². The van der Waals surface area contributed by atoms with Gasteiger partial charge in [-0.2, -0.15) is 0 Å². The van der Waals surface area contributed by atoms with E-state index in [2.05, 4.69) is 10.3 Å². The Bertz CT molecular complexity index is 797. The zero-order valence-electron chi connectivity index (χ0n) is 15.0. The Morgan fingerprint density at radius 2 is 1.85 bits per heavy atom. The van der Waals surface area contributed by atoms with Crippen molar-refractivity contribution < 1.29 is 9.59 Å². The van der Waals surface area contributed by atoms with E-state index >= 15 is 0 Å². The van der Waals surface area contributed by atoms with Crippen LogP contribution in [0.2, 0.25) is 10.2 Å². The fraction of sp³-hybridized carbons (Fsp3) is 0.316. The second-order valence-electron chi connectivity index (χ2n) is 5.80. The van der Waals surface area contributed by atoms with Crippen LogP contribution in [-0.2, 0) is 11.2 Å². The number of aromatic nitrogens is 1. The SMILES string of the molecule is CCN(CC)C(=O)c1cccc(NC(=O)Cc2c(Cl)cc(C)nc2Cl)c1. The first-order chi connectivity index (χ1) is 12.3. The van der Waals surface area contributed by atoms with E-state index in [1.54, 1.807) is 42.2 Å². The van der Waals surface area contributed by atoms with Crippen LogP contribution in [0, 0.1) is 6.92 Å². The predicted molar refractivity (Wildman–Crippen MR) is 105 cm³/mol. The molecule has 138 valence electrons. The van der Waals surface area contributed by atoms with Crippen LogP contribution in [-0.4, -0.2) is 34.8 Å². The molecule has 0 atom stereocenters. The molecule has 1 aromatic carbocycles. The number of hydrogen-bond acceptors (Lipinski definition) is 3. The summed E-state index contributed by atoms with van der Waals surface area (Å²) in [6.07, 6.45) is -0.000828. The predicted octanol–water partition coefficient (Wildman–Crippen LogP) is 4.36. The minimum Gasteiger partial charge on any atom is -0.339 e. The van der Waals surface area contributed by atoms with Gasteiger partial charge in [-0.25, -0.2) is 4.98 Å². The molecular formula is C19H21Cl2N3O2. The first-order valence-electron chi connectivity index (χ1n) is 8.36. The molecule has 1 N–H and O–H groups in total. The number of halogens is 2. The van der Waals surface area contributed by atoms with Crippen molar-refractivity contribution in [2.45, 2.75) is 27.2 Å². The molecule has 0 spiro atoms. The number of nitrogens with one attached hydrogen (secondary N) is 1. The van der Waals surface area contributed by atoms with Gasteiger partial charge in [0.15, 0.2) is 0 Å². The molecule has 5 nitrogen and oxygen atoms in total. The molecule has 0 bridgehead atoms. The highest BCUT2D eigenvalue weighted by atomic mass is 35.5. The number of rotatable bonds is 6. The largest absolute Gasteiger partial charge is 0.339 e. The average molecular weight is 394 g/mol. The normalized spacial score (nSPS) is 10.5. The van der Waals surface area contributed by atoms with Gasteiger partial charge in [-0.1, -0.05) is 29.3 Å². The Morgan fingerprint density at radius 3 is 2.46 bits per heavy atom. The van der Waals surface area contributed by atoms with E-state index in [4.69, 9.17) is 23.2 Å². The topological polar surface area (TPSA) is 62.3 Å². The average Bonchev–Trinajstić information content (AvgIpc) is 2.59. The molecule has 7 heteroatoms. The molecule has 2 aromatic rings. The van der Waals surface area contributed by atoms with E-state index in [1.807, 2.05) is 13.8 Å². The molecule has 26 heavy (non-hydrogen) atoms. The maximum atomic E-state index is 12.4. The first-order valence-corrected chi connectivity index (χ1v) is 9.12. The third-order valence-electron chi connectivity index (χ3n) is 3.93. The lowest BCUT2D eigenvalue weighted by Gasteiger charge is -2.19. The van der Waals surface area contributed by atoms with Crippen molar-refractivity contribution >= 4 is 40.7 Å². The number of aryl methyl sites for hydroxylation is 1. The Hall–Kier alpha value is -2.11. The van der Waals surface area contributed by atoms with Crippen molar-refractivity contribution in [2.75, 3.05) is 18.4 Å². The highest BCUT2D eigenvalue weighted by Gasteiger charge is 2.15. The Morgan fingerprint density at radius 1 is 1.15 bits per heavy atom. The monoisotopic (exact) mass is 393 g/mol. The Labute approximate surface area is 163 Å². The number of pyridine rings is 1. The molecule has 1 aromatic heterocycles. The summed E-state index contributed by atoms with van der Waals surface area (Å²) >= 11 is 12.3. The maximum absolute atomic E-state index is 12.4. The lowest BCUT2D eigenvalue weighted by molar-refractivity contribution is -0.115. The summed E-state index contributed by atoms with van der Waals surface area (Å²) in [5, 5.41) is 3.40. The van der Waals surface area contributed by atoms with Gasteiger partial charge in [0.05, 0.1) is 6.42 Å². The number of anilines is 1. The van der Waals surface area contributed by atoms with Crippen LogP contribution < -0.4 is 5.32 Å². The second kappa shape index (κ2) is 9.01. The molecule has 0 saturated carbocycles. The third kappa shape index (κ3) is 4.96. The number of hydrogen-bond donors (Lipinski definition) is 1. The highest BCUT2D eigenvalue weighted by Crippen LogP contribution is 2.24. The lowest BCUT2D eigenvalue weighted by atomic mass is 10.1. The number of benzene rings is 1. The number of nitrogens with zero attached hydrogens (tertiary/aromatic N) is 2. The summed E-state index contributed by atoms with van der Waals surface area (Å²) in [6.45, 7) is 6.89. The zero-order chi connectivity index (χ0) is 19.3. The van der Waals surface area contributed by atoms with Gasteiger partial charge in [0.25, 0.3) is 5.91 Å². The minimum absolute atomic E-state index is 0.000828. The highest BCUT2D eigenvalue weighted by molar-refractivity contribution is 6.35. The molecule has 2 amide bonds. The van der Waals surface area contributed by atoms with Crippen LogP contribution in [0.3, 0.4) is 0 Å². The van der Waals surface area contributed by atoms with E-state index in [-0.39, 0.29) is 23.4 Å². The zero-order valence-corrected chi connectivity index (χ0v) is 16.5. The molecule has 1 heterocycles. The third-order valence-corrected chi connectivity index (χ3v) is 4.58. The molecule has 0 fully saturated rings. The molecule has 0 aliphatic heterocycles. The van der Waals surface area contributed by atoms with Gasteiger partial charge in [-0.05, 0) is 45.0 Å². The van der Waals surface area contributed by atoms with Crippen LogP contribution in [0.4, 0.5) is 5.69 Å². The Balaban J connectivity index is 2.13. The summed E-state index contributed by atoms with van der Waals surface area (Å²) in [4.78, 5) is 30.6. The van der Waals surface area contributed by atoms with Gasteiger partial charge >= 0.3 is 0 Å². The van der Waals surface area contributed by atoms with Crippen LogP contribution in [0.1, 0.15) is 35.5 Å². The molecule has 2 rings (SSSR count). The van der Waals surface area contributed by atoms with Crippen molar-refractivity contribution in [2.24, 2.45) is 0 Å². The molecule has 0 aliphatic carbocycles. The van der Waals surface area contributed by atoms with Crippen molar-refractivity contribution in [3.8, 4) is 0 Å². The smallest absolute Gasteiger partial charge is 0.253 e. The van der Waals surface area contributed by atoms with E-state index in [1.165, 1.54) is 0 Å². The van der Waals surface area contributed by atoms with Crippen molar-refractivity contribution in [3.05, 3.63) is 57.3 Å². The van der Waals surface area contributed by atoms with Gasteiger partial charge in [0.1, 0.15) is 5.15 Å². The van der Waals surface area contributed by atoms with Gasteiger partial charge < -0.3 is 10.2 Å². The fourth-order valence-corrected chi connectivity index (χ4v) is 3.23. The van der Waals surface area contributed by atoms with Gasteiger partial charge in [0, 0.05) is 40.6 Å². The van der Waals surface area contributed by atoms with Gasteiger partial charge in [-0.15, -0.1) is 0 Å². The lowest BCUT2D eigenvalue weighted by Crippen LogP contribution is -2.30. The number of carbonyl (C=O) groups excluding carboxylic acids is 2. The molecule has 0 aliphatic rings. The molecular weight excluding hydrogens is 373 g/mol. The van der Waals surface area contributed by atoms with Crippen molar-refractivity contribution in [3.63, 3.8) is 0 Å². The van der Waals surface area contributed by atoms with Crippen LogP contribution in [0.25, 0.3) is 0 Å². The van der Waals surface area contributed by atoms with E-state index in [9.17, 15) is 9.59 Å². The molecule has 0 radical (unpaired) electrons. The minimum atomic E-state index is -0.285. The first kappa shape index (κ1) is 20.2. The second-order valence-corrected chi connectivity index (χ2v) is 6.56. The fourth-order valence-electron chi connectivity index (χ4n) is 2.57.